The quantitative estimate of drug-likeness (QED) is 0.861. The van der Waals surface area contributed by atoms with Gasteiger partial charge in [0.1, 0.15) is 0 Å². The first-order chi connectivity index (χ1) is 11.8. The SMILES string of the molecule is Cn1nccc1-c1ccc(CC2CCN(C(=O)C(C)(C)C)CC2)cn1. The number of hydrogen-bond acceptors (Lipinski definition) is 3. The Morgan fingerprint density at radius 1 is 1.20 bits per heavy atom. The lowest BCUT2D eigenvalue weighted by atomic mass is 9.88. The Balaban J connectivity index is 1.56. The largest absolute Gasteiger partial charge is 0.342 e. The molecule has 3 rings (SSSR count). The average Bonchev–Trinajstić information content (AvgIpc) is 3.01. The Bertz CT molecular complexity index is 719. The molecule has 25 heavy (non-hydrogen) atoms. The second-order valence-corrected chi connectivity index (χ2v) is 8.08. The first kappa shape index (κ1) is 17.6. The Morgan fingerprint density at radius 3 is 2.44 bits per heavy atom. The van der Waals surface area contributed by atoms with E-state index in [0.717, 1.165) is 43.7 Å². The van der Waals surface area contributed by atoms with Crippen LogP contribution < -0.4 is 0 Å². The maximum absolute atomic E-state index is 12.4. The maximum Gasteiger partial charge on any atom is 0.227 e. The third kappa shape index (κ3) is 4.09. The molecule has 0 saturated carbocycles. The zero-order valence-corrected chi connectivity index (χ0v) is 15.7. The van der Waals surface area contributed by atoms with Crippen molar-refractivity contribution < 1.29 is 4.79 Å². The van der Waals surface area contributed by atoms with E-state index in [1.54, 1.807) is 6.20 Å². The van der Waals surface area contributed by atoms with Crippen molar-refractivity contribution in [2.75, 3.05) is 13.1 Å². The molecule has 2 aromatic heterocycles. The van der Waals surface area contributed by atoms with E-state index in [1.807, 2.05) is 49.7 Å². The van der Waals surface area contributed by atoms with Crippen LogP contribution in [0.15, 0.2) is 30.6 Å². The van der Waals surface area contributed by atoms with Crippen molar-refractivity contribution >= 4 is 5.91 Å². The summed E-state index contributed by atoms with van der Waals surface area (Å²) < 4.78 is 1.84. The molecule has 0 aliphatic carbocycles. The number of rotatable bonds is 3. The second-order valence-electron chi connectivity index (χ2n) is 8.08. The van der Waals surface area contributed by atoms with Gasteiger partial charge in [0.15, 0.2) is 0 Å². The summed E-state index contributed by atoms with van der Waals surface area (Å²) >= 11 is 0. The topological polar surface area (TPSA) is 51.0 Å². The zero-order valence-electron chi connectivity index (χ0n) is 15.7. The molecule has 0 radical (unpaired) electrons. The normalized spacial score (nSPS) is 16.2. The molecule has 0 N–H and O–H groups in total. The van der Waals surface area contributed by atoms with Crippen LogP contribution in [0.1, 0.15) is 39.2 Å². The van der Waals surface area contributed by atoms with Crippen LogP contribution in [0.25, 0.3) is 11.4 Å². The van der Waals surface area contributed by atoms with Crippen LogP contribution in [0, 0.1) is 11.3 Å². The number of aromatic nitrogens is 3. The van der Waals surface area contributed by atoms with Gasteiger partial charge in [-0.2, -0.15) is 5.10 Å². The van der Waals surface area contributed by atoms with Gasteiger partial charge in [-0.1, -0.05) is 26.8 Å². The van der Waals surface area contributed by atoms with E-state index in [2.05, 4.69) is 22.2 Å². The number of hydrogen-bond donors (Lipinski definition) is 0. The molecule has 0 unspecified atom stereocenters. The summed E-state index contributed by atoms with van der Waals surface area (Å²) in [5.41, 5.74) is 2.97. The minimum absolute atomic E-state index is 0.271. The zero-order chi connectivity index (χ0) is 18.0. The van der Waals surface area contributed by atoms with Gasteiger partial charge in [0.05, 0.1) is 11.4 Å². The molecule has 2 aromatic rings. The van der Waals surface area contributed by atoms with Crippen molar-refractivity contribution in [1.82, 2.24) is 19.7 Å². The van der Waals surface area contributed by atoms with E-state index in [-0.39, 0.29) is 11.3 Å². The van der Waals surface area contributed by atoms with E-state index >= 15 is 0 Å². The molecule has 0 bridgehead atoms. The van der Waals surface area contributed by atoms with Crippen molar-refractivity contribution in [2.24, 2.45) is 18.4 Å². The molecule has 0 aromatic carbocycles. The standard InChI is InChI=1S/C20H28N4O/c1-20(2,3)19(25)24-11-8-15(9-12-24)13-16-5-6-17(21-14-16)18-7-10-22-23(18)4/h5-7,10,14-15H,8-9,11-13H2,1-4H3. The maximum atomic E-state index is 12.4. The molecule has 1 aliphatic rings. The molecule has 3 heterocycles. The van der Waals surface area contributed by atoms with Gasteiger partial charge in [0, 0.05) is 37.9 Å². The third-order valence-electron chi connectivity index (χ3n) is 4.98. The Morgan fingerprint density at radius 2 is 1.92 bits per heavy atom. The summed E-state index contributed by atoms with van der Waals surface area (Å²) in [7, 11) is 1.93. The summed E-state index contributed by atoms with van der Waals surface area (Å²) in [5.74, 6) is 0.904. The molecule has 1 saturated heterocycles. The number of carbonyl (C=O) groups is 1. The highest BCUT2D eigenvalue weighted by Gasteiger charge is 2.30. The fraction of sp³-hybridized carbons (Fsp3) is 0.550. The summed E-state index contributed by atoms with van der Waals surface area (Å²) in [5, 5.41) is 4.19. The van der Waals surface area contributed by atoms with Crippen molar-refractivity contribution in [1.29, 1.82) is 0 Å². The van der Waals surface area contributed by atoms with Gasteiger partial charge >= 0.3 is 0 Å². The molecule has 134 valence electrons. The van der Waals surface area contributed by atoms with Crippen molar-refractivity contribution in [3.05, 3.63) is 36.2 Å². The average molecular weight is 340 g/mol. The van der Waals surface area contributed by atoms with E-state index in [1.165, 1.54) is 5.56 Å². The summed E-state index contributed by atoms with van der Waals surface area (Å²) in [4.78, 5) is 19.0. The lowest BCUT2D eigenvalue weighted by molar-refractivity contribution is -0.140. The summed E-state index contributed by atoms with van der Waals surface area (Å²) in [6, 6.07) is 6.22. The Kier molecular flexibility index (Phi) is 4.93. The number of carbonyl (C=O) groups excluding carboxylic acids is 1. The van der Waals surface area contributed by atoms with Crippen LogP contribution >= 0.6 is 0 Å². The molecular weight excluding hydrogens is 312 g/mol. The van der Waals surface area contributed by atoms with Crippen LogP contribution in [0.5, 0.6) is 0 Å². The number of amides is 1. The van der Waals surface area contributed by atoms with Gasteiger partial charge in [-0.25, -0.2) is 0 Å². The van der Waals surface area contributed by atoms with E-state index in [0.29, 0.717) is 5.92 Å². The van der Waals surface area contributed by atoms with Gasteiger partial charge in [0.25, 0.3) is 0 Å². The fourth-order valence-corrected chi connectivity index (χ4v) is 3.47. The van der Waals surface area contributed by atoms with Crippen LogP contribution in [0.2, 0.25) is 0 Å². The smallest absolute Gasteiger partial charge is 0.227 e. The predicted octanol–water partition coefficient (Wildman–Crippen LogP) is 3.31. The molecule has 0 atom stereocenters. The van der Waals surface area contributed by atoms with Crippen LogP contribution in [0.4, 0.5) is 0 Å². The minimum Gasteiger partial charge on any atom is -0.342 e. The second kappa shape index (κ2) is 6.98. The van der Waals surface area contributed by atoms with Crippen molar-refractivity contribution in [2.45, 2.75) is 40.0 Å². The third-order valence-corrected chi connectivity index (χ3v) is 4.98. The minimum atomic E-state index is -0.279. The molecule has 5 nitrogen and oxygen atoms in total. The van der Waals surface area contributed by atoms with Crippen molar-refractivity contribution in [3.63, 3.8) is 0 Å². The lowest BCUT2D eigenvalue weighted by Gasteiger charge is -2.35. The van der Waals surface area contributed by atoms with Crippen LogP contribution in [0.3, 0.4) is 0 Å². The molecule has 1 fully saturated rings. The molecule has 5 heteroatoms. The number of likely N-dealkylation sites (tertiary alicyclic amines) is 1. The highest BCUT2D eigenvalue weighted by molar-refractivity contribution is 5.81. The molecular formula is C20H28N4O. The van der Waals surface area contributed by atoms with Gasteiger partial charge in [-0.3, -0.25) is 14.5 Å². The first-order valence-corrected chi connectivity index (χ1v) is 9.07. The van der Waals surface area contributed by atoms with E-state index < -0.39 is 0 Å². The van der Waals surface area contributed by atoms with Gasteiger partial charge in [0.2, 0.25) is 5.91 Å². The van der Waals surface area contributed by atoms with Crippen LogP contribution in [-0.2, 0) is 18.3 Å². The first-order valence-electron chi connectivity index (χ1n) is 9.07. The number of piperidine rings is 1. The van der Waals surface area contributed by atoms with Crippen molar-refractivity contribution in [3.8, 4) is 11.4 Å². The molecule has 1 aliphatic heterocycles. The van der Waals surface area contributed by atoms with Gasteiger partial charge in [-0.15, -0.1) is 0 Å². The fourth-order valence-electron chi connectivity index (χ4n) is 3.47. The van der Waals surface area contributed by atoms with Gasteiger partial charge in [-0.05, 0) is 42.9 Å². The number of nitrogens with zero attached hydrogens (tertiary/aromatic N) is 4. The predicted molar refractivity (Wildman–Crippen MR) is 98.9 cm³/mol. The monoisotopic (exact) mass is 340 g/mol. The van der Waals surface area contributed by atoms with E-state index in [4.69, 9.17) is 0 Å². The van der Waals surface area contributed by atoms with Gasteiger partial charge < -0.3 is 4.90 Å². The Hall–Kier alpha value is -2.17. The lowest BCUT2D eigenvalue weighted by Crippen LogP contribution is -2.44. The summed E-state index contributed by atoms with van der Waals surface area (Å²) in [6.07, 6.45) is 6.96. The Labute approximate surface area is 150 Å². The number of pyridine rings is 1. The number of aryl methyl sites for hydroxylation is 1. The molecule has 0 spiro atoms. The molecule has 1 amide bonds. The van der Waals surface area contributed by atoms with E-state index in [9.17, 15) is 4.79 Å². The summed E-state index contributed by atoms with van der Waals surface area (Å²) in [6.45, 7) is 7.74. The highest BCUT2D eigenvalue weighted by Crippen LogP contribution is 2.26. The van der Waals surface area contributed by atoms with Crippen LogP contribution in [-0.4, -0.2) is 38.7 Å². The highest BCUT2D eigenvalue weighted by atomic mass is 16.2.